The Hall–Kier alpha value is -4.89. The summed E-state index contributed by atoms with van der Waals surface area (Å²) in [5, 5.41) is 74.3. The van der Waals surface area contributed by atoms with E-state index in [1.54, 1.807) is 0 Å². The third kappa shape index (κ3) is 3.12. The number of ether oxygens (including phenoxy) is 1. The van der Waals surface area contributed by atoms with Crippen molar-refractivity contribution in [1.82, 2.24) is 0 Å². The van der Waals surface area contributed by atoms with Crippen LogP contribution < -0.4 is 4.74 Å². The van der Waals surface area contributed by atoms with Gasteiger partial charge in [-0.1, -0.05) is 24.3 Å². The average Bonchev–Trinajstić information content (AvgIpc) is 3.11. The number of phenols is 6. The van der Waals surface area contributed by atoms with Crippen LogP contribution in [0.3, 0.4) is 0 Å². The first-order chi connectivity index (χ1) is 18.1. The van der Waals surface area contributed by atoms with Gasteiger partial charge in [0.2, 0.25) is 0 Å². The maximum atomic E-state index is 14.7. The number of phenolic OH excluding ortho intramolecular Hbond substituents is 6. The highest BCUT2D eigenvalue weighted by molar-refractivity contribution is 6.04. The van der Waals surface area contributed by atoms with Crippen LogP contribution in [0.2, 0.25) is 0 Å². The maximum absolute atomic E-state index is 14.7. The molecule has 0 amide bonds. The summed E-state index contributed by atoms with van der Waals surface area (Å²) in [6, 6.07) is 16.1. The van der Waals surface area contributed by atoms with E-state index in [1.807, 2.05) is 0 Å². The highest BCUT2D eigenvalue weighted by Gasteiger charge is 2.65. The standard InChI is InChI=1S/C29H22O9/c30-15-5-1-13(2-6-15)23-26(36)19-9-17(32)10-20(34)24(19)29(23)25-21(35)11-18(33)12-22(25)38-27(28(29)37)14-3-7-16(31)8-4-14/h1-12,23,26-27,30-36H/t23-,26+,27-,29-/m0/s1. The number of Topliss-reactive ketones (excluding diaryl/α,β-unsaturated/α-hetero) is 1. The number of rotatable bonds is 2. The molecule has 4 aromatic rings. The number of benzene rings is 4. The first-order valence-electron chi connectivity index (χ1n) is 11.7. The van der Waals surface area contributed by atoms with E-state index in [1.165, 1.54) is 60.7 Å². The van der Waals surface area contributed by atoms with E-state index in [2.05, 4.69) is 0 Å². The normalized spacial score (nSPS) is 23.6. The Morgan fingerprint density at radius 1 is 0.632 bits per heavy atom. The molecule has 9 nitrogen and oxygen atoms in total. The lowest BCUT2D eigenvalue weighted by Gasteiger charge is -2.43. The van der Waals surface area contributed by atoms with Gasteiger partial charge < -0.3 is 40.5 Å². The van der Waals surface area contributed by atoms with Crippen LogP contribution in [0.5, 0.6) is 40.2 Å². The molecule has 0 saturated carbocycles. The predicted octanol–water partition coefficient (Wildman–Crippen LogP) is 3.74. The number of aliphatic hydroxyl groups excluding tert-OH is 1. The third-order valence-corrected chi connectivity index (χ3v) is 7.41. The number of ketones is 1. The van der Waals surface area contributed by atoms with Crippen molar-refractivity contribution < 1.29 is 45.3 Å². The van der Waals surface area contributed by atoms with Crippen LogP contribution in [0.25, 0.3) is 0 Å². The summed E-state index contributed by atoms with van der Waals surface area (Å²) in [7, 11) is 0. The molecule has 0 unspecified atom stereocenters. The smallest absolute Gasteiger partial charge is 0.193 e. The fourth-order valence-corrected chi connectivity index (χ4v) is 5.99. The van der Waals surface area contributed by atoms with Gasteiger partial charge in [0.25, 0.3) is 0 Å². The predicted molar refractivity (Wildman–Crippen MR) is 133 cm³/mol. The van der Waals surface area contributed by atoms with Crippen LogP contribution in [0, 0.1) is 0 Å². The van der Waals surface area contributed by atoms with Gasteiger partial charge in [0.05, 0.1) is 11.7 Å². The zero-order valence-electron chi connectivity index (χ0n) is 19.6. The molecule has 0 saturated heterocycles. The summed E-state index contributed by atoms with van der Waals surface area (Å²) in [4.78, 5) is 14.7. The van der Waals surface area contributed by atoms with E-state index < -0.39 is 40.8 Å². The molecule has 1 spiro atoms. The second-order valence-electron chi connectivity index (χ2n) is 9.54. The van der Waals surface area contributed by atoms with E-state index in [0.717, 1.165) is 12.1 Å². The minimum absolute atomic E-state index is 0.0276. The second kappa shape index (κ2) is 8.06. The highest BCUT2D eigenvalue weighted by atomic mass is 16.5. The molecule has 192 valence electrons. The number of hydrogen-bond acceptors (Lipinski definition) is 9. The Balaban J connectivity index is 1.75. The van der Waals surface area contributed by atoms with E-state index in [-0.39, 0.29) is 45.4 Å². The molecule has 1 heterocycles. The Morgan fingerprint density at radius 2 is 1.16 bits per heavy atom. The molecule has 2 aliphatic rings. The molecular formula is C29H22O9. The number of carbonyl (C=O) groups is 1. The lowest BCUT2D eigenvalue weighted by Crippen LogP contribution is -2.48. The first kappa shape index (κ1) is 23.5. The van der Waals surface area contributed by atoms with Crippen molar-refractivity contribution in [3.8, 4) is 40.2 Å². The van der Waals surface area contributed by atoms with Crippen molar-refractivity contribution in [2.75, 3.05) is 0 Å². The van der Waals surface area contributed by atoms with Crippen LogP contribution >= 0.6 is 0 Å². The molecule has 0 radical (unpaired) electrons. The summed E-state index contributed by atoms with van der Waals surface area (Å²) in [5.41, 5.74) is -1.27. The molecular weight excluding hydrogens is 492 g/mol. The largest absolute Gasteiger partial charge is 0.508 e. The van der Waals surface area contributed by atoms with E-state index in [9.17, 15) is 40.5 Å². The maximum Gasteiger partial charge on any atom is 0.193 e. The highest BCUT2D eigenvalue weighted by Crippen LogP contribution is 2.67. The van der Waals surface area contributed by atoms with Gasteiger partial charge in [0.15, 0.2) is 11.9 Å². The molecule has 1 aliphatic heterocycles. The average molecular weight is 514 g/mol. The summed E-state index contributed by atoms with van der Waals surface area (Å²) in [6.45, 7) is 0. The molecule has 0 fully saturated rings. The van der Waals surface area contributed by atoms with Crippen LogP contribution in [0.1, 0.15) is 45.9 Å². The van der Waals surface area contributed by atoms with E-state index in [4.69, 9.17) is 4.74 Å². The van der Waals surface area contributed by atoms with Crippen LogP contribution in [0.15, 0.2) is 72.8 Å². The van der Waals surface area contributed by atoms with E-state index in [0.29, 0.717) is 11.1 Å². The van der Waals surface area contributed by atoms with Crippen LogP contribution in [-0.4, -0.2) is 41.5 Å². The first-order valence-corrected chi connectivity index (χ1v) is 11.7. The van der Waals surface area contributed by atoms with Gasteiger partial charge in [-0.2, -0.15) is 0 Å². The zero-order valence-corrected chi connectivity index (χ0v) is 19.6. The molecule has 7 N–H and O–H groups in total. The summed E-state index contributed by atoms with van der Waals surface area (Å²) >= 11 is 0. The number of aliphatic hydroxyl groups is 1. The van der Waals surface area contributed by atoms with Gasteiger partial charge in [0, 0.05) is 35.2 Å². The number of fused-ring (bicyclic) bond motifs is 4. The minimum Gasteiger partial charge on any atom is -0.508 e. The van der Waals surface area contributed by atoms with Gasteiger partial charge in [-0.05, 0) is 41.5 Å². The molecule has 1 aliphatic carbocycles. The topological polar surface area (TPSA) is 168 Å². The molecule has 0 aromatic heterocycles. The second-order valence-corrected chi connectivity index (χ2v) is 9.54. The zero-order chi connectivity index (χ0) is 26.9. The SMILES string of the molecule is O=C1[C@H](c2ccc(O)cc2)Oc2cc(O)cc(O)c2[C@]12c1c(O)cc(O)cc1[C@@H](O)[C@@H]2c1ccc(O)cc1. The van der Waals surface area contributed by atoms with Gasteiger partial charge in [-0.15, -0.1) is 0 Å². The van der Waals surface area contributed by atoms with Crippen molar-refractivity contribution >= 4 is 5.78 Å². The number of aromatic hydroxyl groups is 6. The Kier molecular flexibility index (Phi) is 4.98. The molecule has 9 heteroatoms. The Bertz CT molecular complexity index is 1590. The Labute approximate surface area is 215 Å². The third-order valence-electron chi connectivity index (χ3n) is 7.41. The summed E-state index contributed by atoms with van der Waals surface area (Å²) in [5.74, 6) is -3.63. The van der Waals surface area contributed by atoms with Crippen LogP contribution in [0.4, 0.5) is 0 Å². The molecule has 6 rings (SSSR count). The number of hydrogen-bond donors (Lipinski definition) is 7. The van der Waals surface area contributed by atoms with Crippen molar-refractivity contribution in [3.63, 3.8) is 0 Å². The monoisotopic (exact) mass is 514 g/mol. The van der Waals surface area contributed by atoms with Crippen molar-refractivity contribution in [2.24, 2.45) is 0 Å². The Morgan fingerprint density at radius 3 is 1.76 bits per heavy atom. The van der Waals surface area contributed by atoms with E-state index >= 15 is 0 Å². The van der Waals surface area contributed by atoms with Crippen LogP contribution in [-0.2, 0) is 10.2 Å². The van der Waals surface area contributed by atoms with Crippen molar-refractivity contribution in [2.45, 2.75) is 23.5 Å². The quantitative estimate of drug-likeness (QED) is 0.211. The van der Waals surface area contributed by atoms with Gasteiger partial charge in [0.1, 0.15) is 45.7 Å². The lowest BCUT2D eigenvalue weighted by molar-refractivity contribution is -0.134. The van der Waals surface area contributed by atoms with Crippen molar-refractivity contribution in [3.05, 3.63) is 101 Å². The van der Waals surface area contributed by atoms with Gasteiger partial charge in [-0.3, -0.25) is 4.79 Å². The molecule has 38 heavy (non-hydrogen) atoms. The van der Waals surface area contributed by atoms with Crippen molar-refractivity contribution in [1.29, 1.82) is 0 Å². The minimum atomic E-state index is -1.96. The number of carbonyl (C=O) groups excluding carboxylic acids is 1. The fraction of sp³-hybridized carbons (Fsp3) is 0.138. The lowest BCUT2D eigenvalue weighted by atomic mass is 9.61. The summed E-state index contributed by atoms with van der Waals surface area (Å²) < 4.78 is 6.03. The molecule has 4 aromatic carbocycles. The fourth-order valence-electron chi connectivity index (χ4n) is 5.99. The molecule has 0 bridgehead atoms. The molecule has 4 atom stereocenters. The van der Waals surface area contributed by atoms with Gasteiger partial charge >= 0.3 is 0 Å². The van der Waals surface area contributed by atoms with Gasteiger partial charge in [-0.25, -0.2) is 0 Å². The summed E-state index contributed by atoms with van der Waals surface area (Å²) in [6.07, 6.45) is -2.79.